The molecule has 1 N–H and O–H groups in total. The Morgan fingerprint density at radius 1 is 1.11 bits per heavy atom. The molecule has 3 saturated heterocycles. The Kier molecular flexibility index (Phi) is 3.56. The fraction of sp³-hybridized carbons (Fsp3) is 0.933. The number of carbonyl (C=O) groups excluding carboxylic acids is 1. The molecule has 4 nitrogen and oxygen atoms in total. The van der Waals surface area contributed by atoms with Crippen LogP contribution in [0.3, 0.4) is 0 Å². The number of hydrogen-bond acceptors (Lipinski definition) is 3. The molecule has 108 valence electrons. The van der Waals surface area contributed by atoms with Crippen LogP contribution in [0.4, 0.5) is 0 Å². The molecule has 0 radical (unpaired) electrons. The van der Waals surface area contributed by atoms with Gasteiger partial charge >= 0.3 is 0 Å². The first-order valence-electron chi connectivity index (χ1n) is 7.85. The first kappa shape index (κ1) is 13.4. The van der Waals surface area contributed by atoms with E-state index in [1.807, 2.05) is 0 Å². The summed E-state index contributed by atoms with van der Waals surface area (Å²) >= 11 is 0. The van der Waals surface area contributed by atoms with Crippen molar-refractivity contribution in [1.82, 2.24) is 15.1 Å². The Bertz CT molecular complexity index is 337. The Morgan fingerprint density at radius 3 is 2.16 bits per heavy atom. The zero-order valence-corrected chi connectivity index (χ0v) is 12.4. The quantitative estimate of drug-likeness (QED) is 0.807. The lowest BCUT2D eigenvalue weighted by Crippen LogP contribution is -2.50. The Morgan fingerprint density at radius 2 is 1.63 bits per heavy atom. The summed E-state index contributed by atoms with van der Waals surface area (Å²) in [5, 5.41) is 3.43. The molecule has 0 bridgehead atoms. The molecule has 0 aromatic heterocycles. The summed E-state index contributed by atoms with van der Waals surface area (Å²) in [6.45, 7) is 10.8. The summed E-state index contributed by atoms with van der Waals surface area (Å²) in [6.07, 6.45) is 2.46. The molecule has 0 aliphatic carbocycles. The van der Waals surface area contributed by atoms with Gasteiger partial charge in [-0.2, -0.15) is 0 Å². The number of amides is 1. The van der Waals surface area contributed by atoms with E-state index in [1.165, 1.54) is 12.8 Å². The molecule has 3 unspecified atom stereocenters. The average molecular weight is 265 g/mol. The van der Waals surface area contributed by atoms with E-state index in [4.69, 9.17) is 0 Å². The minimum absolute atomic E-state index is 0.0549. The van der Waals surface area contributed by atoms with Crippen LogP contribution >= 0.6 is 0 Å². The second-order valence-electron chi connectivity index (χ2n) is 6.82. The maximum absolute atomic E-state index is 12.7. The van der Waals surface area contributed by atoms with Crippen molar-refractivity contribution in [1.29, 1.82) is 0 Å². The van der Waals surface area contributed by atoms with Crippen LogP contribution in [0.1, 0.15) is 33.6 Å². The van der Waals surface area contributed by atoms with E-state index >= 15 is 0 Å². The number of nitrogens with one attached hydrogen (secondary N) is 1. The summed E-state index contributed by atoms with van der Waals surface area (Å²) in [5.74, 6) is 1.75. The number of carbonyl (C=O) groups is 1. The number of rotatable bonds is 2. The van der Waals surface area contributed by atoms with Crippen molar-refractivity contribution in [2.75, 3.05) is 26.2 Å². The Balaban J connectivity index is 1.64. The van der Waals surface area contributed by atoms with E-state index < -0.39 is 0 Å². The fourth-order valence-corrected chi connectivity index (χ4v) is 4.41. The minimum atomic E-state index is 0.0549. The Hall–Kier alpha value is -0.610. The standard InChI is InChI=1S/C15H27N3O/c1-10-4-5-11(2)18(10)12(3)15(19)17-8-13-6-16-7-14(13)9-17/h10-14,16H,4-9H2,1-3H3/t10?,11?,12?,13-,14+. The van der Waals surface area contributed by atoms with Crippen molar-refractivity contribution in [2.24, 2.45) is 11.8 Å². The van der Waals surface area contributed by atoms with Crippen LogP contribution in [0.5, 0.6) is 0 Å². The number of hydrogen-bond donors (Lipinski definition) is 1. The van der Waals surface area contributed by atoms with Gasteiger partial charge in [-0.05, 0) is 45.4 Å². The van der Waals surface area contributed by atoms with Gasteiger partial charge in [-0.15, -0.1) is 0 Å². The lowest BCUT2D eigenvalue weighted by molar-refractivity contribution is -0.136. The zero-order valence-electron chi connectivity index (χ0n) is 12.4. The molecule has 0 aromatic rings. The fourth-order valence-electron chi connectivity index (χ4n) is 4.41. The third kappa shape index (κ3) is 2.29. The van der Waals surface area contributed by atoms with Crippen LogP contribution in [0.15, 0.2) is 0 Å². The van der Waals surface area contributed by atoms with Crippen LogP contribution in [0, 0.1) is 11.8 Å². The normalized spacial score (nSPS) is 40.7. The van der Waals surface area contributed by atoms with Gasteiger partial charge in [0.05, 0.1) is 6.04 Å². The van der Waals surface area contributed by atoms with Gasteiger partial charge in [-0.3, -0.25) is 9.69 Å². The lowest BCUT2D eigenvalue weighted by Gasteiger charge is -2.34. The van der Waals surface area contributed by atoms with Gasteiger partial charge in [0.25, 0.3) is 0 Å². The van der Waals surface area contributed by atoms with Crippen LogP contribution in [-0.2, 0) is 4.79 Å². The SMILES string of the molecule is CC1CCC(C)N1C(C)C(=O)N1C[C@H]2CNC[C@H]2C1. The maximum atomic E-state index is 12.7. The van der Waals surface area contributed by atoms with Gasteiger partial charge in [0.15, 0.2) is 0 Å². The second kappa shape index (κ2) is 5.06. The van der Waals surface area contributed by atoms with Gasteiger partial charge in [-0.25, -0.2) is 0 Å². The number of nitrogens with zero attached hydrogens (tertiary/aromatic N) is 2. The Labute approximate surface area is 116 Å². The van der Waals surface area contributed by atoms with Crippen molar-refractivity contribution >= 4 is 5.91 Å². The van der Waals surface area contributed by atoms with Crippen LogP contribution < -0.4 is 5.32 Å². The van der Waals surface area contributed by atoms with Crippen LogP contribution in [-0.4, -0.2) is 60.0 Å². The molecular formula is C15H27N3O. The highest BCUT2D eigenvalue weighted by atomic mass is 16.2. The molecule has 0 aromatic carbocycles. The monoisotopic (exact) mass is 265 g/mol. The third-order valence-corrected chi connectivity index (χ3v) is 5.53. The molecule has 3 rings (SSSR count). The van der Waals surface area contributed by atoms with E-state index in [0.717, 1.165) is 26.2 Å². The highest BCUT2D eigenvalue weighted by Gasteiger charge is 2.42. The smallest absolute Gasteiger partial charge is 0.239 e. The van der Waals surface area contributed by atoms with Gasteiger partial charge in [0.1, 0.15) is 0 Å². The van der Waals surface area contributed by atoms with E-state index in [-0.39, 0.29) is 6.04 Å². The highest BCUT2D eigenvalue weighted by Crippen LogP contribution is 2.30. The molecule has 3 aliphatic heterocycles. The lowest BCUT2D eigenvalue weighted by atomic mass is 10.0. The summed E-state index contributed by atoms with van der Waals surface area (Å²) in [7, 11) is 0. The van der Waals surface area contributed by atoms with Gasteiger partial charge in [0.2, 0.25) is 5.91 Å². The molecule has 19 heavy (non-hydrogen) atoms. The molecule has 0 spiro atoms. The molecule has 3 aliphatic rings. The van der Waals surface area contributed by atoms with Crippen LogP contribution in [0.2, 0.25) is 0 Å². The van der Waals surface area contributed by atoms with E-state index in [1.54, 1.807) is 0 Å². The topological polar surface area (TPSA) is 35.6 Å². The molecule has 5 atom stereocenters. The molecule has 4 heteroatoms. The molecular weight excluding hydrogens is 238 g/mol. The van der Waals surface area contributed by atoms with Crippen molar-refractivity contribution in [3.8, 4) is 0 Å². The summed E-state index contributed by atoms with van der Waals surface area (Å²) in [5.41, 5.74) is 0. The van der Waals surface area contributed by atoms with Crippen LogP contribution in [0.25, 0.3) is 0 Å². The maximum Gasteiger partial charge on any atom is 0.239 e. The summed E-state index contributed by atoms with van der Waals surface area (Å²) in [4.78, 5) is 17.3. The molecule has 3 heterocycles. The third-order valence-electron chi connectivity index (χ3n) is 5.53. The summed E-state index contributed by atoms with van der Waals surface area (Å²) < 4.78 is 0. The van der Waals surface area contributed by atoms with Crippen molar-refractivity contribution in [3.05, 3.63) is 0 Å². The van der Waals surface area contributed by atoms with Crippen molar-refractivity contribution in [3.63, 3.8) is 0 Å². The average Bonchev–Trinajstić information content (AvgIpc) is 3.02. The first-order chi connectivity index (χ1) is 9.08. The largest absolute Gasteiger partial charge is 0.341 e. The van der Waals surface area contributed by atoms with E-state index in [9.17, 15) is 4.79 Å². The van der Waals surface area contributed by atoms with Gasteiger partial charge in [0, 0.05) is 38.3 Å². The molecule has 3 fully saturated rings. The number of likely N-dealkylation sites (tertiary alicyclic amines) is 2. The van der Waals surface area contributed by atoms with Gasteiger partial charge < -0.3 is 10.2 Å². The van der Waals surface area contributed by atoms with Crippen molar-refractivity contribution in [2.45, 2.75) is 51.7 Å². The molecule has 1 amide bonds. The predicted octanol–water partition coefficient (Wildman–Crippen LogP) is 0.926. The number of fused-ring (bicyclic) bond motifs is 1. The zero-order chi connectivity index (χ0) is 13.6. The van der Waals surface area contributed by atoms with Gasteiger partial charge in [-0.1, -0.05) is 0 Å². The van der Waals surface area contributed by atoms with E-state index in [2.05, 4.69) is 35.9 Å². The molecule has 0 saturated carbocycles. The highest BCUT2D eigenvalue weighted by molar-refractivity contribution is 5.82. The van der Waals surface area contributed by atoms with E-state index in [0.29, 0.717) is 29.8 Å². The summed E-state index contributed by atoms with van der Waals surface area (Å²) in [6, 6.07) is 1.16. The first-order valence-corrected chi connectivity index (χ1v) is 7.85. The predicted molar refractivity (Wildman–Crippen MR) is 75.9 cm³/mol. The minimum Gasteiger partial charge on any atom is -0.341 e. The van der Waals surface area contributed by atoms with Crippen molar-refractivity contribution < 1.29 is 4.79 Å². The second-order valence-corrected chi connectivity index (χ2v) is 6.82.